The third kappa shape index (κ3) is 39.1. The molecule has 2 atom stereocenters. The number of hydrogen-bond donors (Lipinski definition) is 4. The minimum absolute atomic E-state index is 0. The standard InChI is InChI=1S/2C16H32N2O4.Ca/c2*1-3-4-5-6-7-8-15(20)17-10-12-18(13-14(2)19)11-9-16(21)22;/h2*14,19H,3-13H2,1-2H3,(H,17,20)(H,21,22);/q;;+2/p-2. The first-order valence-electron chi connectivity index (χ1n) is 16.6. The van der Waals surface area contributed by atoms with E-state index in [4.69, 9.17) is 5.11 Å². The predicted molar refractivity (Wildman–Crippen MR) is 176 cm³/mol. The summed E-state index contributed by atoms with van der Waals surface area (Å²) in [6.45, 7) is 11.0. The molecule has 1 amide bonds. The fourth-order valence-electron chi connectivity index (χ4n) is 4.45. The van der Waals surface area contributed by atoms with Gasteiger partial charge >= 0.3 is 43.7 Å². The Labute approximate surface area is 302 Å². The van der Waals surface area contributed by atoms with Gasteiger partial charge in [-0.15, -0.1) is 0 Å². The largest absolute Gasteiger partial charge is 2.00 e. The molecular formula is C32H62CaN4O8. The summed E-state index contributed by atoms with van der Waals surface area (Å²) in [5.41, 5.74) is 0. The van der Waals surface area contributed by atoms with Gasteiger partial charge in [0.1, 0.15) is 0 Å². The van der Waals surface area contributed by atoms with Crippen LogP contribution in [0, 0.1) is 0 Å². The number of rotatable bonds is 28. The van der Waals surface area contributed by atoms with E-state index in [2.05, 4.69) is 24.2 Å². The van der Waals surface area contributed by atoms with E-state index in [0.29, 0.717) is 65.2 Å². The van der Waals surface area contributed by atoms with E-state index < -0.39 is 24.1 Å². The van der Waals surface area contributed by atoms with Crippen molar-refractivity contribution in [2.75, 3.05) is 52.4 Å². The molecule has 0 saturated carbocycles. The van der Waals surface area contributed by atoms with Crippen LogP contribution >= 0.6 is 0 Å². The molecule has 0 aliphatic carbocycles. The van der Waals surface area contributed by atoms with Crippen LogP contribution in [0.15, 0.2) is 4.99 Å². The SMILES string of the molecule is CCCCCCCC(=O)NCCN(CCC(=O)O)CC(C)O.CCCCCCCC([O-])=NCCN(CCC(=O)[O-])CC(C)O.[Ca+2]. The Hall–Kier alpha value is -1.02. The molecule has 2 unspecified atom stereocenters. The smallest absolute Gasteiger partial charge is 0.862 e. The Morgan fingerprint density at radius 3 is 1.69 bits per heavy atom. The van der Waals surface area contributed by atoms with Gasteiger partial charge in [-0.3, -0.25) is 19.4 Å². The van der Waals surface area contributed by atoms with Crippen LogP contribution in [-0.4, -0.2) is 151 Å². The minimum Gasteiger partial charge on any atom is -0.862 e. The third-order valence-corrected chi connectivity index (χ3v) is 6.78. The van der Waals surface area contributed by atoms with E-state index in [1.807, 2.05) is 4.90 Å². The molecule has 0 rings (SSSR count). The van der Waals surface area contributed by atoms with Crippen molar-refractivity contribution in [3.05, 3.63) is 0 Å². The number of aliphatic imine (C=N–C) groups is 1. The molecule has 13 heteroatoms. The van der Waals surface area contributed by atoms with Crippen LogP contribution in [0.4, 0.5) is 0 Å². The zero-order valence-corrected chi connectivity index (χ0v) is 30.9. The number of carboxylic acids is 2. The number of aliphatic hydroxyl groups is 2. The fourth-order valence-corrected chi connectivity index (χ4v) is 4.45. The summed E-state index contributed by atoms with van der Waals surface area (Å²) in [4.78, 5) is 40.4. The van der Waals surface area contributed by atoms with Crippen LogP contribution in [-0.2, 0) is 14.4 Å². The maximum atomic E-state index is 11.7. The molecule has 0 aromatic rings. The Balaban J connectivity index is -0.000000767. The van der Waals surface area contributed by atoms with Crippen molar-refractivity contribution in [1.29, 1.82) is 0 Å². The van der Waals surface area contributed by atoms with Crippen molar-refractivity contribution in [1.82, 2.24) is 15.1 Å². The van der Waals surface area contributed by atoms with Gasteiger partial charge in [-0.25, -0.2) is 0 Å². The number of carbonyl (C=O) groups is 3. The molecule has 12 nitrogen and oxygen atoms in total. The molecule has 0 heterocycles. The van der Waals surface area contributed by atoms with Crippen LogP contribution in [0.1, 0.15) is 118 Å². The molecule has 0 aromatic heterocycles. The van der Waals surface area contributed by atoms with Gasteiger partial charge in [-0.2, -0.15) is 0 Å². The number of nitrogens with zero attached hydrogens (tertiary/aromatic N) is 3. The number of nitrogens with one attached hydrogen (secondary N) is 1. The van der Waals surface area contributed by atoms with Crippen molar-refractivity contribution in [3.8, 4) is 0 Å². The number of aliphatic hydroxyl groups excluding tert-OH is 2. The first-order chi connectivity index (χ1) is 20.9. The molecule has 4 N–H and O–H groups in total. The van der Waals surface area contributed by atoms with E-state index in [9.17, 15) is 34.8 Å². The molecule has 260 valence electrons. The second-order valence-electron chi connectivity index (χ2n) is 11.5. The number of amides is 1. The summed E-state index contributed by atoms with van der Waals surface area (Å²) in [5, 5.41) is 52.4. The average Bonchev–Trinajstić information content (AvgIpc) is 2.94. The van der Waals surface area contributed by atoms with Crippen molar-refractivity contribution in [3.63, 3.8) is 0 Å². The molecule has 0 bridgehead atoms. The van der Waals surface area contributed by atoms with E-state index in [-0.39, 0.29) is 62.4 Å². The maximum absolute atomic E-state index is 11.7. The third-order valence-electron chi connectivity index (χ3n) is 6.78. The van der Waals surface area contributed by atoms with Crippen LogP contribution in [0.3, 0.4) is 0 Å². The normalized spacial score (nSPS) is 12.7. The Morgan fingerprint density at radius 1 is 0.711 bits per heavy atom. The van der Waals surface area contributed by atoms with Crippen molar-refractivity contribution >= 4 is 61.5 Å². The van der Waals surface area contributed by atoms with Gasteiger partial charge in [-0.05, 0) is 45.4 Å². The Morgan fingerprint density at radius 2 is 1.20 bits per heavy atom. The summed E-state index contributed by atoms with van der Waals surface area (Å²) >= 11 is 0. The molecular weight excluding hydrogens is 608 g/mol. The van der Waals surface area contributed by atoms with Gasteiger partial charge in [0.05, 0.1) is 25.2 Å². The topological polar surface area (TPSA) is 189 Å². The average molecular weight is 671 g/mol. The van der Waals surface area contributed by atoms with E-state index in [1.165, 1.54) is 32.1 Å². The van der Waals surface area contributed by atoms with Gasteiger partial charge < -0.3 is 40.6 Å². The zero-order chi connectivity index (χ0) is 33.6. The first kappa shape index (κ1) is 48.4. The number of hydrogen-bond acceptors (Lipinski definition) is 10. The fraction of sp³-hybridized carbons (Fsp3) is 0.875. The number of unbranched alkanes of at least 4 members (excludes halogenated alkanes) is 8. The molecule has 0 radical (unpaired) electrons. The number of aliphatic carboxylic acids is 2. The van der Waals surface area contributed by atoms with Gasteiger partial charge in [-0.1, -0.05) is 65.2 Å². The summed E-state index contributed by atoms with van der Waals surface area (Å²) in [5.74, 6) is -2.01. The summed E-state index contributed by atoms with van der Waals surface area (Å²) in [7, 11) is 0. The van der Waals surface area contributed by atoms with Gasteiger partial charge in [0.25, 0.3) is 0 Å². The minimum atomic E-state index is -1.12. The Bertz CT molecular complexity index is 757. The van der Waals surface area contributed by atoms with E-state index >= 15 is 0 Å². The molecule has 0 spiro atoms. The summed E-state index contributed by atoms with van der Waals surface area (Å²) < 4.78 is 0. The zero-order valence-electron chi connectivity index (χ0n) is 28.6. The van der Waals surface area contributed by atoms with Crippen LogP contribution < -0.4 is 15.5 Å². The van der Waals surface area contributed by atoms with Crippen LogP contribution in [0.25, 0.3) is 0 Å². The van der Waals surface area contributed by atoms with Crippen LogP contribution in [0.5, 0.6) is 0 Å². The van der Waals surface area contributed by atoms with Crippen molar-refractivity contribution in [2.24, 2.45) is 4.99 Å². The van der Waals surface area contributed by atoms with Gasteiger partial charge in [0, 0.05) is 58.2 Å². The maximum Gasteiger partial charge on any atom is 2.00 e. The predicted octanol–water partition coefficient (Wildman–Crippen LogP) is 1.17. The number of carboxylic acid groups (broad SMARTS) is 2. The molecule has 0 saturated heterocycles. The van der Waals surface area contributed by atoms with Crippen molar-refractivity contribution < 1.29 is 39.9 Å². The molecule has 0 aliphatic rings. The van der Waals surface area contributed by atoms with Crippen molar-refractivity contribution in [2.45, 2.75) is 130 Å². The molecule has 0 aliphatic heterocycles. The molecule has 0 aromatic carbocycles. The summed E-state index contributed by atoms with van der Waals surface area (Å²) in [6.07, 6.45) is 11.0. The second kappa shape index (κ2) is 34.3. The second-order valence-corrected chi connectivity index (χ2v) is 11.5. The quantitative estimate of drug-likeness (QED) is 0.0407. The number of carbonyl (C=O) groups excluding carboxylic acids is 2. The summed E-state index contributed by atoms with van der Waals surface area (Å²) in [6, 6.07) is 0. The van der Waals surface area contributed by atoms with E-state index in [0.717, 1.165) is 32.1 Å². The molecule has 45 heavy (non-hydrogen) atoms. The Kier molecular flexibility index (Phi) is 36.9. The van der Waals surface area contributed by atoms with E-state index in [1.54, 1.807) is 18.7 Å². The van der Waals surface area contributed by atoms with Gasteiger partial charge in [0.2, 0.25) is 5.91 Å². The monoisotopic (exact) mass is 670 g/mol. The van der Waals surface area contributed by atoms with Gasteiger partial charge in [0.15, 0.2) is 0 Å². The first-order valence-corrected chi connectivity index (χ1v) is 16.6. The molecule has 0 fully saturated rings. The van der Waals surface area contributed by atoms with Crippen LogP contribution in [0.2, 0.25) is 0 Å².